The Balaban J connectivity index is 1.83. The summed E-state index contributed by atoms with van der Waals surface area (Å²) in [6.45, 7) is 8.09. The van der Waals surface area contributed by atoms with E-state index in [1.807, 2.05) is 18.2 Å². The van der Waals surface area contributed by atoms with Crippen molar-refractivity contribution in [2.45, 2.75) is 20.3 Å². The first-order chi connectivity index (χ1) is 12.2. The molecule has 0 radical (unpaired) electrons. The average Bonchev–Trinajstić information content (AvgIpc) is 3.02. The zero-order chi connectivity index (χ0) is 18.1. The molecule has 6 heteroatoms. The number of hydrogen-bond acceptors (Lipinski definition) is 4. The fraction of sp³-hybridized carbons (Fsp3) is 0.579. The van der Waals surface area contributed by atoms with Gasteiger partial charge in [-0.2, -0.15) is 0 Å². The van der Waals surface area contributed by atoms with Crippen LogP contribution in [0.3, 0.4) is 0 Å². The highest BCUT2D eigenvalue weighted by atomic mass is 16.5. The Morgan fingerprint density at radius 3 is 2.76 bits per heavy atom. The molecule has 1 aromatic carbocycles. The van der Waals surface area contributed by atoms with Crippen LogP contribution in [0.2, 0.25) is 0 Å². The molecular formula is C19H30N4O2. The highest BCUT2D eigenvalue weighted by Crippen LogP contribution is 2.24. The molecule has 1 aliphatic rings. The molecular weight excluding hydrogens is 316 g/mol. The van der Waals surface area contributed by atoms with Crippen LogP contribution in [0.4, 0.5) is 5.69 Å². The van der Waals surface area contributed by atoms with Crippen LogP contribution in [0.25, 0.3) is 0 Å². The first-order valence-corrected chi connectivity index (χ1v) is 9.05. The van der Waals surface area contributed by atoms with Crippen molar-refractivity contribution >= 4 is 17.6 Å². The second kappa shape index (κ2) is 9.91. The molecule has 2 atom stereocenters. The Morgan fingerprint density at radius 2 is 2.08 bits per heavy atom. The minimum atomic E-state index is -0.127. The second-order valence-electron chi connectivity index (χ2n) is 6.39. The van der Waals surface area contributed by atoms with E-state index in [1.54, 1.807) is 0 Å². The van der Waals surface area contributed by atoms with Crippen LogP contribution in [0, 0.1) is 11.8 Å². The molecule has 1 heterocycles. The first kappa shape index (κ1) is 19.1. The maximum Gasteiger partial charge on any atom is 0.310 e. The van der Waals surface area contributed by atoms with E-state index in [4.69, 9.17) is 9.73 Å². The number of ether oxygens (including phenoxy) is 1. The van der Waals surface area contributed by atoms with Gasteiger partial charge in [0, 0.05) is 38.4 Å². The van der Waals surface area contributed by atoms with Crippen LogP contribution in [0.5, 0.6) is 0 Å². The third-order valence-electron chi connectivity index (χ3n) is 4.45. The highest BCUT2D eigenvalue weighted by Gasteiger charge is 2.36. The van der Waals surface area contributed by atoms with Crippen molar-refractivity contribution in [3.8, 4) is 0 Å². The van der Waals surface area contributed by atoms with Gasteiger partial charge in [0.15, 0.2) is 5.96 Å². The Labute approximate surface area is 150 Å². The van der Waals surface area contributed by atoms with Gasteiger partial charge in [-0.25, -0.2) is 0 Å². The van der Waals surface area contributed by atoms with Gasteiger partial charge in [0.2, 0.25) is 0 Å². The quantitative estimate of drug-likeness (QED) is 0.343. The summed E-state index contributed by atoms with van der Waals surface area (Å²) in [5.41, 5.74) is 1.13. The van der Waals surface area contributed by atoms with Crippen molar-refractivity contribution < 1.29 is 9.53 Å². The Kier molecular flexibility index (Phi) is 7.57. The molecule has 0 aliphatic carbocycles. The molecule has 0 bridgehead atoms. The lowest BCUT2D eigenvalue weighted by molar-refractivity contribution is -0.145. The Hall–Kier alpha value is -2.24. The summed E-state index contributed by atoms with van der Waals surface area (Å²) < 4.78 is 4.91. The van der Waals surface area contributed by atoms with E-state index in [1.165, 1.54) is 7.11 Å². The number of likely N-dealkylation sites (tertiary alicyclic amines) is 1. The van der Waals surface area contributed by atoms with Gasteiger partial charge >= 0.3 is 5.97 Å². The van der Waals surface area contributed by atoms with Gasteiger partial charge < -0.3 is 20.3 Å². The van der Waals surface area contributed by atoms with Crippen LogP contribution in [-0.2, 0) is 9.53 Å². The predicted molar refractivity (Wildman–Crippen MR) is 102 cm³/mol. The number of nitrogens with zero attached hydrogens (tertiary/aromatic N) is 2. The van der Waals surface area contributed by atoms with E-state index in [-0.39, 0.29) is 17.8 Å². The molecule has 0 amide bonds. The monoisotopic (exact) mass is 346 g/mol. The lowest BCUT2D eigenvalue weighted by Gasteiger charge is -2.21. The maximum atomic E-state index is 11.9. The molecule has 1 aliphatic heterocycles. The third kappa shape index (κ3) is 5.66. The fourth-order valence-electron chi connectivity index (χ4n) is 3.08. The van der Waals surface area contributed by atoms with E-state index in [2.05, 4.69) is 41.5 Å². The maximum absolute atomic E-state index is 11.9. The molecule has 0 saturated carbocycles. The minimum Gasteiger partial charge on any atom is -0.469 e. The first-order valence-electron chi connectivity index (χ1n) is 9.05. The molecule has 1 saturated heterocycles. The number of guanidine groups is 1. The van der Waals surface area contributed by atoms with Gasteiger partial charge in [-0.05, 0) is 31.4 Å². The normalized spacial score (nSPS) is 20.4. The fourth-order valence-corrected chi connectivity index (χ4v) is 3.08. The molecule has 1 fully saturated rings. The summed E-state index contributed by atoms with van der Waals surface area (Å²) in [7, 11) is 1.46. The lowest BCUT2D eigenvalue weighted by atomic mass is 9.99. The predicted octanol–water partition coefficient (Wildman–Crippen LogP) is 2.20. The van der Waals surface area contributed by atoms with E-state index in [0.29, 0.717) is 6.54 Å². The van der Waals surface area contributed by atoms with E-state index in [0.717, 1.165) is 44.2 Å². The summed E-state index contributed by atoms with van der Waals surface area (Å²) in [6.07, 6.45) is 0.952. The van der Waals surface area contributed by atoms with Crippen molar-refractivity contribution in [3.05, 3.63) is 30.3 Å². The molecule has 1 aromatic rings. The number of carbonyl (C=O) groups excluding carboxylic acids is 1. The summed E-state index contributed by atoms with van der Waals surface area (Å²) in [5, 5.41) is 6.73. The number of methoxy groups -OCH3 is 1. The van der Waals surface area contributed by atoms with Crippen molar-refractivity contribution in [3.63, 3.8) is 0 Å². The van der Waals surface area contributed by atoms with E-state index < -0.39 is 0 Å². The summed E-state index contributed by atoms with van der Waals surface area (Å²) in [4.78, 5) is 18.8. The average molecular weight is 346 g/mol. The molecule has 138 valence electrons. The lowest BCUT2D eigenvalue weighted by Crippen LogP contribution is -2.40. The summed E-state index contributed by atoms with van der Waals surface area (Å²) >= 11 is 0. The number of benzene rings is 1. The number of nitrogens with one attached hydrogen (secondary N) is 2. The number of para-hydroxylation sites is 1. The molecule has 2 rings (SSSR count). The Bertz CT molecular complexity index is 562. The standard InChI is InChI=1S/C19H30N4O2/c1-4-20-19(23-13-15(2)17(14-23)18(24)25-3)22-12-8-11-21-16-9-6-5-7-10-16/h5-7,9-10,15,17,21H,4,8,11-14H2,1-3H3,(H,20,22). The molecule has 2 unspecified atom stereocenters. The number of carbonyl (C=O) groups is 1. The zero-order valence-electron chi connectivity index (χ0n) is 15.5. The summed E-state index contributed by atoms with van der Waals surface area (Å²) in [6, 6.07) is 10.2. The van der Waals surface area contributed by atoms with Crippen LogP contribution in [0.15, 0.2) is 35.3 Å². The van der Waals surface area contributed by atoms with Crippen molar-refractivity contribution in [1.82, 2.24) is 10.2 Å². The molecule has 0 spiro atoms. The molecule has 6 nitrogen and oxygen atoms in total. The van der Waals surface area contributed by atoms with Gasteiger partial charge in [-0.15, -0.1) is 0 Å². The van der Waals surface area contributed by atoms with Crippen LogP contribution < -0.4 is 10.6 Å². The van der Waals surface area contributed by atoms with Crippen molar-refractivity contribution in [1.29, 1.82) is 0 Å². The van der Waals surface area contributed by atoms with Crippen LogP contribution >= 0.6 is 0 Å². The Morgan fingerprint density at radius 1 is 1.32 bits per heavy atom. The van der Waals surface area contributed by atoms with Gasteiger partial charge in [0.25, 0.3) is 0 Å². The van der Waals surface area contributed by atoms with Gasteiger partial charge in [0.05, 0.1) is 13.0 Å². The summed E-state index contributed by atoms with van der Waals surface area (Å²) in [5.74, 6) is 0.961. The number of hydrogen-bond donors (Lipinski definition) is 2. The topological polar surface area (TPSA) is 66.0 Å². The van der Waals surface area contributed by atoms with Crippen molar-refractivity contribution in [2.75, 3.05) is 45.2 Å². The zero-order valence-corrected chi connectivity index (χ0v) is 15.5. The SMILES string of the molecule is CCNC(=NCCCNc1ccccc1)N1CC(C)C(C(=O)OC)C1. The van der Waals surface area contributed by atoms with Crippen LogP contribution in [-0.4, -0.2) is 56.7 Å². The number of esters is 1. The number of anilines is 1. The third-order valence-corrected chi connectivity index (χ3v) is 4.45. The largest absolute Gasteiger partial charge is 0.469 e. The minimum absolute atomic E-state index is 0.0754. The van der Waals surface area contributed by atoms with E-state index in [9.17, 15) is 4.79 Å². The second-order valence-corrected chi connectivity index (χ2v) is 6.39. The highest BCUT2D eigenvalue weighted by molar-refractivity contribution is 5.82. The van der Waals surface area contributed by atoms with Crippen molar-refractivity contribution in [2.24, 2.45) is 16.8 Å². The van der Waals surface area contributed by atoms with Crippen LogP contribution in [0.1, 0.15) is 20.3 Å². The number of rotatable bonds is 7. The van der Waals surface area contributed by atoms with E-state index >= 15 is 0 Å². The molecule has 25 heavy (non-hydrogen) atoms. The van der Waals surface area contributed by atoms with Gasteiger partial charge in [-0.1, -0.05) is 25.1 Å². The number of aliphatic imine (C=N–C) groups is 1. The smallest absolute Gasteiger partial charge is 0.310 e. The molecule has 0 aromatic heterocycles. The van der Waals surface area contributed by atoms with Gasteiger partial charge in [0.1, 0.15) is 0 Å². The van der Waals surface area contributed by atoms with Gasteiger partial charge in [-0.3, -0.25) is 9.79 Å². The molecule has 2 N–H and O–H groups in total.